The molecule has 4 rings (SSSR count). The number of carbonyl (C=O) groups excluding carboxylic acids is 1. The van der Waals surface area contributed by atoms with Crippen LogP contribution in [-0.4, -0.2) is 43.2 Å². The first kappa shape index (κ1) is 19.9. The number of nitrogens with zero attached hydrogens (tertiary/aromatic N) is 4. The normalized spacial score (nSPS) is 13.1. The molecule has 0 saturated heterocycles. The number of aliphatic hydroxyl groups is 1. The highest BCUT2D eigenvalue weighted by Gasteiger charge is 2.30. The topological polar surface area (TPSA) is 85.0 Å². The fourth-order valence-electron chi connectivity index (χ4n) is 3.37. The van der Waals surface area contributed by atoms with Crippen molar-refractivity contribution < 1.29 is 23.1 Å². The van der Waals surface area contributed by atoms with Gasteiger partial charge in [-0.05, 0) is 49.4 Å². The van der Waals surface area contributed by atoms with Crippen LogP contribution in [0.5, 0.6) is 0 Å². The smallest absolute Gasteiger partial charge is 0.394 e. The van der Waals surface area contributed by atoms with Crippen LogP contribution in [0.4, 0.5) is 13.2 Å². The number of benzene rings is 2. The molecule has 2 aromatic carbocycles. The van der Waals surface area contributed by atoms with E-state index >= 15 is 0 Å². The summed E-state index contributed by atoms with van der Waals surface area (Å²) < 4.78 is 42.1. The first-order valence-corrected chi connectivity index (χ1v) is 9.14. The second-order valence-electron chi connectivity index (χ2n) is 7.05. The van der Waals surface area contributed by atoms with E-state index in [2.05, 4.69) is 15.6 Å². The van der Waals surface area contributed by atoms with Crippen molar-refractivity contribution >= 4 is 28.0 Å². The van der Waals surface area contributed by atoms with Crippen molar-refractivity contribution in [1.29, 1.82) is 0 Å². The molecule has 2 aromatic heterocycles. The number of aryl methyl sites for hydroxylation is 1. The maximum atomic E-state index is 12.9. The highest BCUT2D eigenvalue weighted by atomic mass is 19.4. The fourth-order valence-corrected chi connectivity index (χ4v) is 3.37. The minimum atomic E-state index is -4.42. The van der Waals surface area contributed by atoms with Crippen molar-refractivity contribution in [2.75, 3.05) is 6.61 Å². The lowest BCUT2D eigenvalue weighted by atomic mass is 10.1. The lowest BCUT2D eigenvalue weighted by Gasteiger charge is -2.12. The standard InChI is InChI=1S/C20H18F3N5O2/c1-11(10-29)24-18(30)12-3-8-16-15(9-12)17-19(27(2)26-25-17)28(16)14-6-4-13(5-7-14)20(21,22)23/h3-9,11,29H,10H2,1-2H3,(H,24,30). The lowest BCUT2D eigenvalue weighted by molar-refractivity contribution is -0.137. The second-order valence-corrected chi connectivity index (χ2v) is 7.05. The first-order valence-electron chi connectivity index (χ1n) is 9.14. The maximum Gasteiger partial charge on any atom is 0.416 e. The van der Waals surface area contributed by atoms with Crippen LogP contribution >= 0.6 is 0 Å². The van der Waals surface area contributed by atoms with Crippen molar-refractivity contribution in [3.63, 3.8) is 0 Å². The van der Waals surface area contributed by atoms with E-state index in [4.69, 9.17) is 5.11 Å². The Balaban J connectivity index is 1.87. The number of aromatic nitrogens is 4. The third-order valence-corrected chi connectivity index (χ3v) is 4.87. The molecule has 0 spiro atoms. The zero-order chi connectivity index (χ0) is 21.6. The molecular formula is C20H18F3N5O2. The summed E-state index contributed by atoms with van der Waals surface area (Å²) in [5, 5.41) is 20.6. The molecule has 0 aliphatic rings. The number of hydrogen-bond acceptors (Lipinski definition) is 4. The van der Waals surface area contributed by atoms with Gasteiger partial charge >= 0.3 is 6.18 Å². The van der Waals surface area contributed by atoms with Crippen molar-refractivity contribution in [2.24, 2.45) is 7.05 Å². The van der Waals surface area contributed by atoms with E-state index < -0.39 is 17.8 Å². The number of amides is 1. The molecular weight excluding hydrogens is 399 g/mol. The van der Waals surface area contributed by atoms with E-state index in [1.165, 1.54) is 16.8 Å². The van der Waals surface area contributed by atoms with Gasteiger partial charge in [-0.3, -0.25) is 9.36 Å². The summed E-state index contributed by atoms with van der Waals surface area (Å²) in [7, 11) is 1.69. The average Bonchev–Trinajstić information content (AvgIpc) is 3.24. The number of nitrogens with one attached hydrogen (secondary N) is 1. The molecule has 0 aliphatic carbocycles. The molecule has 0 radical (unpaired) electrons. The summed E-state index contributed by atoms with van der Waals surface area (Å²) in [4.78, 5) is 12.4. The number of alkyl halides is 3. The Morgan fingerprint density at radius 3 is 2.53 bits per heavy atom. The Kier molecular flexibility index (Phi) is 4.73. The van der Waals surface area contributed by atoms with Crippen LogP contribution in [0, 0.1) is 0 Å². The number of hydrogen-bond donors (Lipinski definition) is 2. The summed E-state index contributed by atoms with van der Waals surface area (Å²) in [5.74, 6) is -0.349. The van der Waals surface area contributed by atoms with Crippen molar-refractivity contribution in [3.05, 3.63) is 53.6 Å². The van der Waals surface area contributed by atoms with E-state index in [-0.39, 0.29) is 12.5 Å². The summed E-state index contributed by atoms with van der Waals surface area (Å²) in [6, 6.07) is 9.41. The zero-order valence-electron chi connectivity index (χ0n) is 16.1. The molecule has 0 fully saturated rings. The SMILES string of the molecule is CC(CO)NC(=O)c1ccc2c(c1)c1nnn(C)c1n2-c1ccc(C(F)(F)F)cc1. The number of rotatable bonds is 4. The lowest BCUT2D eigenvalue weighted by Crippen LogP contribution is -2.34. The van der Waals surface area contributed by atoms with Crippen LogP contribution in [0.25, 0.3) is 27.8 Å². The van der Waals surface area contributed by atoms with Crippen LogP contribution in [-0.2, 0) is 13.2 Å². The van der Waals surface area contributed by atoms with E-state index in [1.807, 2.05) is 0 Å². The van der Waals surface area contributed by atoms with Gasteiger partial charge in [0.05, 0.1) is 17.7 Å². The largest absolute Gasteiger partial charge is 0.416 e. The molecule has 1 atom stereocenters. The summed E-state index contributed by atoms with van der Waals surface area (Å²) in [6.45, 7) is 1.49. The third kappa shape index (κ3) is 3.28. The summed E-state index contributed by atoms with van der Waals surface area (Å²) in [6.07, 6.45) is -4.42. The van der Waals surface area contributed by atoms with Crippen molar-refractivity contribution in [1.82, 2.24) is 24.9 Å². The molecule has 1 amide bonds. The predicted molar refractivity (Wildman–Crippen MR) is 104 cm³/mol. The van der Waals surface area contributed by atoms with Gasteiger partial charge in [-0.1, -0.05) is 5.21 Å². The van der Waals surface area contributed by atoms with E-state index in [0.29, 0.717) is 33.3 Å². The van der Waals surface area contributed by atoms with Crippen LogP contribution in [0.3, 0.4) is 0 Å². The van der Waals surface area contributed by atoms with Gasteiger partial charge in [0, 0.05) is 29.7 Å². The monoisotopic (exact) mass is 417 g/mol. The molecule has 30 heavy (non-hydrogen) atoms. The van der Waals surface area contributed by atoms with E-state index in [1.54, 1.807) is 36.7 Å². The molecule has 4 aromatic rings. The van der Waals surface area contributed by atoms with Crippen molar-refractivity contribution in [3.8, 4) is 5.69 Å². The van der Waals surface area contributed by atoms with Gasteiger partial charge < -0.3 is 10.4 Å². The molecule has 10 heteroatoms. The van der Waals surface area contributed by atoms with Gasteiger partial charge in [-0.2, -0.15) is 13.2 Å². The van der Waals surface area contributed by atoms with E-state index in [9.17, 15) is 18.0 Å². The Bertz CT molecular complexity index is 1240. The third-order valence-electron chi connectivity index (χ3n) is 4.87. The van der Waals surface area contributed by atoms with Crippen molar-refractivity contribution in [2.45, 2.75) is 19.1 Å². The minimum Gasteiger partial charge on any atom is -0.394 e. The Morgan fingerprint density at radius 2 is 1.90 bits per heavy atom. The van der Waals surface area contributed by atoms with Crippen LogP contribution < -0.4 is 5.32 Å². The number of aliphatic hydroxyl groups excluding tert-OH is 1. The first-order chi connectivity index (χ1) is 14.2. The van der Waals surface area contributed by atoms with Gasteiger partial charge in [-0.15, -0.1) is 5.10 Å². The molecule has 0 aliphatic heterocycles. The molecule has 2 N–H and O–H groups in total. The van der Waals surface area contributed by atoms with Gasteiger partial charge in [0.25, 0.3) is 5.91 Å². The minimum absolute atomic E-state index is 0.188. The number of halogens is 3. The quantitative estimate of drug-likeness (QED) is 0.535. The Labute approximate surface area is 168 Å². The number of fused-ring (bicyclic) bond motifs is 3. The molecule has 2 heterocycles. The van der Waals surface area contributed by atoms with Gasteiger partial charge in [-0.25, -0.2) is 4.68 Å². The Morgan fingerprint density at radius 1 is 1.20 bits per heavy atom. The Hall–Kier alpha value is -3.40. The van der Waals surface area contributed by atoms with Gasteiger partial charge in [0.2, 0.25) is 0 Å². The molecule has 7 nitrogen and oxygen atoms in total. The number of carbonyl (C=O) groups is 1. The zero-order valence-corrected chi connectivity index (χ0v) is 16.1. The summed E-state index contributed by atoms with van der Waals surface area (Å²) in [5.41, 5.74) is 1.94. The van der Waals surface area contributed by atoms with Gasteiger partial charge in [0.1, 0.15) is 5.52 Å². The van der Waals surface area contributed by atoms with Gasteiger partial charge in [0.15, 0.2) is 5.65 Å². The molecule has 0 bridgehead atoms. The molecule has 0 saturated carbocycles. The maximum absolute atomic E-state index is 12.9. The highest BCUT2D eigenvalue weighted by Crippen LogP contribution is 2.33. The molecule has 156 valence electrons. The van der Waals surface area contributed by atoms with E-state index in [0.717, 1.165) is 12.1 Å². The summed E-state index contributed by atoms with van der Waals surface area (Å²) >= 11 is 0. The highest BCUT2D eigenvalue weighted by molar-refractivity contribution is 6.09. The average molecular weight is 417 g/mol. The van der Waals surface area contributed by atoms with Crippen LogP contribution in [0.2, 0.25) is 0 Å². The predicted octanol–water partition coefficient (Wildman–Crippen LogP) is 3.04. The fraction of sp³-hybridized carbons (Fsp3) is 0.250. The molecule has 1 unspecified atom stereocenters. The van der Waals surface area contributed by atoms with Crippen LogP contribution in [0.1, 0.15) is 22.8 Å². The second kappa shape index (κ2) is 7.13. The van der Waals surface area contributed by atoms with Crippen LogP contribution in [0.15, 0.2) is 42.5 Å².